The van der Waals surface area contributed by atoms with Crippen molar-refractivity contribution in [3.63, 3.8) is 0 Å². The minimum atomic E-state index is 0.0135. The van der Waals surface area contributed by atoms with Gasteiger partial charge in [-0.1, -0.05) is 31.9 Å². The first kappa shape index (κ1) is 14.7. The van der Waals surface area contributed by atoms with Gasteiger partial charge in [0.1, 0.15) is 5.82 Å². The van der Waals surface area contributed by atoms with E-state index < -0.39 is 0 Å². The van der Waals surface area contributed by atoms with Crippen LogP contribution in [0.5, 0.6) is 0 Å². The molecule has 0 aliphatic rings. The molecule has 2 aromatic rings. The van der Waals surface area contributed by atoms with E-state index >= 15 is 0 Å². The predicted octanol–water partition coefficient (Wildman–Crippen LogP) is 3.18. The summed E-state index contributed by atoms with van der Waals surface area (Å²) in [6, 6.07) is 6.08. The van der Waals surface area contributed by atoms with E-state index in [1.165, 1.54) is 0 Å². The van der Waals surface area contributed by atoms with Crippen molar-refractivity contribution in [2.24, 2.45) is 5.84 Å². The van der Waals surface area contributed by atoms with E-state index in [4.69, 9.17) is 5.84 Å². The van der Waals surface area contributed by atoms with Crippen molar-refractivity contribution in [2.45, 2.75) is 25.9 Å². The van der Waals surface area contributed by atoms with E-state index in [0.717, 1.165) is 33.3 Å². The average molecular weight is 388 g/mol. The van der Waals surface area contributed by atoms with E-state index in [0.29, 0.717) is 0 Å². The van der Waals surface area contributed by atoms with Gasteiger partial charge < -0.3 is 4.57 Å². The van der Waals surface area contributed by atoms with Crippen LogP contribution in [-0.4, -0.2) is 9.55 Å². The molecule has 2 rings (SSSR count). The Labute approximate surface area is 129 Å². The molecule has 4 nitrogen and oxygen atoms in total. The largest absolute Gasteiger partial charge is 0.335 e. The first-order valence-corrected chi connectivity index (χ1v) is 7.65. The van der Waals surface area contributed by atoms with E-state index in [1.807, 2.05) is 24.5 Å². The summed E-state index contributed by atoms with van der Waals surface area (Å²) in [5.74, 6) is 6.73. The molecule has 1 aromatic carbocycles. The number of rotatable bonds is 5. The van der Waals surface area contributed by atoms with Gasteiger partial charge in [-0.2, -0.15) is 0 Å². The molecule has 102 valence electrons. The molecule has 6 heteroatoms. The SMILES string of the molecule is CCn1ccnc1CC(NN)c1cc(Br)ccc1Br. The minimum absolute atomic E-state index is 0.0135. The van der Waals surface area contributed by atoms with Crippen LogP contribution in [0.25, 0.3) is 0 Å². The number of hydrazine groups is 1. The lowest BCUT2D eigenvalue weighted by Crippen LogP contribution is -2.30. The van der Waals surface area contributed by atoms with Gasteiger partial charge in [-0.25, -0.2) is 4.98 Å². The molecule has 1 atom stereocenters. The third-order valence-electron chi connectivity index (χ3n) is 3.06. The van der Waals surface area contributed by atoms with Crippen LogP contribution in [0.3, 0.4) is 0 Å². The second-order valence-electron chi connectivity index (χ2n) is 4.22. The highest BCUT2D eigenvalue weighted by atomic mass is 79.9. The molecule has 3 N–H and O–H groups in total. The Morgan fingerprint density at radius 2 is 2.21 bits per heavy atom. The molecule has 0 amide bonds. The lowest BCUT2D eigenvalue weighted by Gasteiger charge is -2.18. The zero-order chi connectivity index (χ0) is 13.8. The van der Waals surface area contributed by atoms with Crippen LogP contribution in [0, 0.1) is 0 Å². The number of benzene rings is 1. The van der Waals surface area contributed by atoms with Gasteiger partial charge in [-0.3, -0.25) is 11.3 Å². The molecule has 0 saturated carbocycles. The highest BCUT2D eigenvalue weighted by molar-refractivity contribution is 9.11. The third-order valence-corrected chi connectivity index (χ3v) is 4.28. The summed E-state index contributed by atoms with van der Waals surface area (Å²) in [5, 5.41) is 0. The molecule has 0 aliphatic carbocycles. The number of aromatic nitrogens is 2. The molecular formula is C13H16Br2N4. The van der Waals surface area contributed by atoms with E-state index in [1.54, 1.807) is 0 Å². The first-order valence-electron chi connectivity index (χ1n) is 6.06. The quantitative estimate of drug-likeness (QED) is 0.611. The number of halogens is 2. The highest BCUT2D eigenvalue weighted by Gasteiger charge is 2.16. The lowest BCUT2D eigenvalue weighted by atomic mass is 10.0. The van der Waals surface area contributed by atoms with Crippen molar-refractivity contribution < 1.29 is 0 Å². The summed E-state index contributed by atoms with van der Waals surface area (Å²) in [4.78, 5) is 4.39. The van der Waals surface area contributed by atoms with Gasteiger partial charge in [0.25, 0.3) is 0 Å². The van der Waals surface area contributed by atoms with Crippen molar-refractivity contribution in [1.29, 1.82) is 0 Å². The summed E-state index contributed by atoms with van der Waals surface area (Å²) in [6.07, 6.45) is 4.55. The topological polar surface area (TPSA) is 55.9 Å². The van der Waals surface area contributed by atoms with Crippen LogP contribution in [0.15, 0.2) is 39.5 Å². The Kier molecular flexibility index (Phi) is 5.15. The molecule has 0 saturated heterocycles. The van der Waals surface area contributed by atoms with Crippen molar-refractivity contribution in [3.05, 3.63) is 50.9 Å². The van der Waals surface area contributed by atoms with Gasteiger partial charge in [-0.05, 0) is 30.7 Å². The normalized spacial score (nSPS) is 12.6. The summed E-state index contributed by atoms with van der Waals surface area (Å²) < 4.78 is 4.19. The standard InChI is InChI=1S/C13H16Br2N4/c1-2-19-6-5-17-13(19)8-12(18-16)10-7-9(14)3-4-11(10)15/h3-7,12,18H,2,8,16H2,1H3. The Bertz CT molecular complexity index is 553. The van der Waals surface area contributed by atoms with Crippen molar-refractivity contribution in [1.82, 2.24) is 15.0 Å². The Balaban J connectivity index is 2.27. The van der Waals surface area contributed by atoms with Crippen LogP contribution >= 0.6 is 31.9 Å². The lowest BCUT2D eigenvalue weighted by molar-refractivity contribution is 0.521. The summed E-state index contributed by atoms with van der Waals surface area (Å²) >= 11 is 7.06. The number of aryl methyl sites for hydroxylation is 1. The van der Waals surface area contributed by atoms with Gasteiger partial charge in [0.15, 0.2) is 0 Å². The molecule has 0 spiro atoms. The van der Waals surface area contributed by atoms with Crippen LogP contribution < -0.4 is 11.3 Å². The molecule has 1 heterocycles. The average Bonchev–Trinajstić information content (AvgIpc) is 2.86. The van der Waals surface area contributed by atoms with Gasteiger partial charge in [0.2, 0.25) is 0 Å². The summed E-state index contributed by atoms with van der Waals surface area (Å²) in [5.41, 5.74) is 3.99. The number of hydrogen-bond donors (Lipinski definition) is 2. The van der Waals surface area contributed by atoms with E-state index in [2.05, 4.69) is 59.8 Å². The first-order chi connectivity index (χ1) is 9.15. The highest BCUT2D eigenvalue weighted by Crippen LogP contribution is 2.28. The third kappa shape index (κ3) is 3.45. The van der Waals surface area contributed by atoms with E-state index in [-0.39, 0.29) is 6.04 Å². The summed E-state index contributed by atoms with van der Waals surface area (Å²) in [7, 11) is 0. The fourth-order valence-electron chi connectivity index (χ4n) is 2.04. The van der Waals surface area contributed by atoms with E-state index in [9.17, 15) is 0 Å². The fraction of sp³-hybridized carbons (Fsp3) is 0.308. The molecule has 0 bridgehead atoms. The minimum Gasteiger partial charge on any atom is -0.335 e. The smallest absolute Gasteiger partial charge is 0.110 e. The summed E-state index contributed by atoms with van der Waals surface area (Å²) in [6.45, 7) is 3.01. The maximum absolute atomic E-state index is 5.71. The van der Waals surface area contributed by atoms with Crippen LogP contribution in [0.1, 0.15) is 24.4 Å². The number of nitrogens with two attached hydrogens (primary N) is 1. The molecular weight excluding hydrogens is 372 g/mol. The van der Waals surface area contributed by atoms with Gasteiger partial charge in [0, 0.05) is 34.3 Å². The Morgan fingerprint density at radius 1 is 1.42 bits per heavy atom. The maximum atomic E-state index is 5.71. The van der Waals surface area contributed by atoms with Gasteiger partial charge in [0.05, 0.1) is 6.04 Å². The number of nitrogens with zero attached hydrogens (tertiary/aromatic N) is 2. The molecule has 0 radical (unpaired) electrons. The number of hydrogen-bond acceptors (Lipinski definition) is 3. The second kappa shape index (κ2) is 6.65. The monoisotopic (exact) mass is 386 g/mol. The molecule has 1 unspecified atom stereocenters. The zero-order valence-electron chi connectivity index (χ0n) is 10.6. The number of nitrogens with one attached hydrogen (secondary N) is 1. The predicted molar refractivity (Wildman–Crippen MR) is 83.5 cm³/mol. The van der Waals surface area contributed by atoms with Crippen LogP contribution in [-0.2, 0) is 13.0 Å². The van der Waals surface area contributed by atoms with Gasteiger partial charge in [-0.15, -0.1) is 0 Å². The Hall–Kier alpha value is -0.690. The van der Waals surface area contributed by atoms with Crippen LogP contribution in [0.4, 0.5) is 0 Å². The zero-order valence-corrected chi connectivity index (χ0v) is 13.8. The fourth-order valence-corrected chi connectivity index (χ4v) is 2.94. The molecule has 0 fully saturated rings. The number of imidazole rings is 1. The maximum Gasteiger partial charge on any atom is 0.110 e. The van der Waals surface area contributed by atoms with Crippen molar-refractivity contribution in [3.8, 4) is 0 Å². The van der Waals surface area contributed by atoms with Gasteiger partial charge >= 0.3 is 0 Å². The van der Waals surface area contributed by atoms with Crippen molar-refractivity contribution in [2.75, 3.05) is 0 Å². The van der Waals surface area contributed by atoms with Crippen LogP contribution in [0.2, 0.25) is 0 Å². The van der Waals surface area contributed by atoms with Crippen molar-refractivity contribution >= 4 is 31.9 Å². The molecule has 1 aromatic heterocycles. The molecule has 19 heavy (non-hydrogen) atoms. The second-order valence-corrected chi connectivity index (χ2v) is 5.99. The Morgan fingerprint density at radius 3 is 2.89 bits per heavy atom. The molecule has 0 aliphatic heterocycles.